The van der Waals surface area contributed by atoms with E-state index in [-0.39, 0.29) is 0 Å². The molecule has 88 valence electrons. The predicted octanol–water partition coefficient (Wildman–Crippen LogP) is 1.84. The average Bonchev–Trinajstić information content (AvgIpc) is 2.30. The van der Waals surface area contributed by atoms with Crippen molar-refractivity contribution in [3.8, 4) is 0 Å². The van der Waals surface area contributed by atoms with E-state index in [1.807, 2.05) is 0 Å². The van der Waals surface area contributed by atoms with E-state index in [2.05, 4.69) is 21.8 Å². The molecule has 5 heteroatoms. The summed E-state index contributed by atoms with van der Waals surface area (Å²) in [7, 11) is 0. The first kappa shape index (κ1) is 11.6. The summed E-state index contributed by atoms with van der Waals surface area (Å²) >= 11 is 5.79. The topological polar surface area (TPSA) is 55.0 Å². The van der Waals surface area contributed by atoms with Crippen LogP contribution < -0.4 is 10.6 Å². The van der Waals surface area contributed by atoms with Crippen molar-refractivity contribution < 1.29 is 0 Å². The Morgan fingerprint density at radius 1 is 1.44 bits per heavy atom. The van der Waals surface area contributed by atoms with Crippen molar-refractivity contribution in [3.05, 3.63) is 17.4 Å². The number of anilines is 1. The summed E-state index contributed by atoms with van der Waals surface area (Å²) in [5.74, 6) is 0.743. The molecule has 0 amide bonds. The molecule has 0 saturated carbocycles. The Morgan fingerprint density at radius 2 is 2.12 bits per heavy atom. The summed E-state index contributed by atoms with van der Waals surface area (Å²) in [5.41, 5.74) is 5.80. The first-order valence-electron chi connectivity index (χ1n) is 5.68. The van der Waals surface area contributed by atoms with E-state index in [0.29, 0.717) is 23.7 Å². The zero-order chi connectivity index (χ0) is 11.5. The van der Waals surface area contributed by atoms with Crippen LogP contribution in [0.4, 0.5) is 5.95 Å². The van der Waals surface area contributed by atoms with Gasteiger partial charge in [0.2, 0.25) is 5.95 Å². The lowest BCUT2D eigenvalue weighted by Gasteiger charge is -2.40. The fraction of sp³-hybridized carbons (Fsp3) is 0.636. The fourth-order valence-corrected chi connectivity index (χ4v) is 2.42. The highest BCUT2D eigenvalue weighted by Gasteiger charge is 2.28. The van der Waals surface area contributed by atoms with Crippen LogP contribution in [0.5, 0.6) is 0 Å². The summed E-state index contributed by atoms with van der Waals surface area (Å²) in [5, 5.41) is 0.567. The number of hydrogen-bond acceptors (Lipinski definition) is 4. The van der Waals surface area contributed by atoms with Crippen LogP contribution in [0.2, 0.25) is 5.02 Å². The van der Waals surface area contributed by atoms with Crippen molar-refractivity contribution in [1.29, 1.82) is 0 Å². The Hall–Kier alpha value is -0.870. The van der Waals surface area contributed by atoms with Gasteiger partial charge in [0.25, 0.3) is 0 Å². The summed E-state index contributed by atoms with van der Waals surface area (Å²) in [6.45, 7) is 2.84. The van der Waals surface area contributed by atoms with E-state index in [4.69, 9.17) is 17.3 Å². The molecule has 0 radical (unpaired) electrons. The van der Waals surface area contributed by atoms with Crippen LogP contribution in [0.15, 0.2) is 12.4 Å². The molecule has 1 aromatic heterocycles. The zero-order valence-electron chi connectivity index (χ0n) is 9.43. The lowest BCUT2D eigenvalue weighted by molar-refractivity contribution is 0.394. The molecule has 2 unspecified atom stereocenters. The summed E-state index contributed by atoms with van der Waals surface area (Å²) < 4.78 is 0. The van der Waals surface area contributed by atoms with Crippen LogP contribution in [-0.4, -0.2) is 28.6 Å². The predicted molar refractivity (Wildman–Crippen MR) is 65.7 cm³/mol. The zero-order valence-corrected chi connectivity index (χ0v) is 10.2. The minimum atomic E-state index is 0.352. The van der Waals surface area contributed by atoms with Crippen LogP contribution in [0.3, 0.4) is 0 Å². The van der Waals surface area contributed by atoms with Crippen molar-refractivity contribution in [2.24, 2.45) is 5.73 Å². The molecule has 0 aromatic carbocycles. The van der Waals surface area contributed by atoms with Crippen LogP contribution in [0.25, 0.3) is 0 Å². The molecule has 1 saturated heterocycles. The van der Waals surface area contributed by atoms with Gasteiger partial charge in [0, 0.05) is 18.6 Å². The van der Waals surface area contributed by atoms with E-state index < -0.39 is 0 Å². The molecule has 2 rings (SSSR count). The summed E-state index contributed by atoms with van der Waals surface area (Å²) in [6, 6.07) is 0.799. The van der Waals surface area contributed by atoms with Gasteiger partial charge in [-0.3, -0.25) is 0 Å². The van der Waals surface area contributed by atoms with Gasteiger partial charge in [0.1, 0.15) is 0 Å². The second-order valence-electron chi connectivity index (χ2n) is 4.28. The number of halogens is 1. The molecule has 2 heterocycles. The standard InChI is InChI=1S/C11H17ClN4/c1-8-3-2-4-10(5-13)16(8)11-14-6-9(12)7-15-11/h6-8,10H,2-5,13H2,1H3. The number of nitrogens with two attached hydrogens (primary N) is 1. The molecule has 16 heavy (non-hydrogen) atoms. The maximum absolute atomic E-state index is 5.80. The van der Waals surface area contributed by atoms with Crippen molar-refractivity contribution in [3.63, 3.8) is 0 Å². The molecule has 0 bridgehead atoms. The smallest absolute Gasteiger partial charge is 0.225 e. The first-order chi connectivity index (χ1) is 7.72. The third-order valence-corrected chi connectivity index (χ3v) is 3.33. The molecule has 0 spiro atoms. The van der Waals surface area contributed by atoms with E-state index in [1.165, 1.54) is 12.8 Å². The molecular formula is C11H17ClN4. The quantitative estimate of drug-likeness (QED) is 0.857. The second-order valence-corrected chi connectivity index (χ2v) is 4.71. The first-order valence-corrected chi connectivity index (χ1v) is 6.06. The summed E-state index contributed by atoms with van der Waals surface area (Å²) in [4.78, 5) is 10.8. The van der Waals surface area contributed by atoms with Crippen LogP contribution in [-0.2, 0) is 0 Å². The maximum atomic E-state index is 5.80. The normalized spacial score (nSPS) is 25.8. The Labute approximate surface area is 101 Å². The number of piperidine rings is 1. The second kappa shape index (κ2) is 4.97. The number of nitrogens with zero attached hydrogens (tertiary/aromatic N) is 3. The Morgan fingerprint density at radius 3 is 2.75 bits per heavy atom. The van der Waals surface area contributed by atoms with Gasteiger partial charge >= 0.3 is 0 Å². The molecule has 0 aliphatic carbocycles. The van der Waals surface area contributed by atoms with Crippen molar-refractivity contribution in [2.75, 3.05) is 11.4 Å². The molecule has 2 N–H and O–H groups in total. The largest absolute Gasteiger partial charge is 0.334 e. The monoisotopic (exact) mass is 240 g/mol. The minimum absolute atomic E-state index is 0.352. The minimum Gasteiger partial charge on any atom is -0.334 e. The van der Waals surface area contributed by atoms with Gasteiger partial charge in [-0.15, -0.1) is 0 Å². The molecule has 4 nitrogen and oxygen atoms in total. The Bertz CT molecular complexity index is 340. The molecule has 1 aliphatic heterocycles. The van der Waals surface area contributed by atoms with E-state index in [9.17, 15) is 0 Å². The molecular weight excluding hydrogens is 224 g/mol. The van der Waals surface area contributed by atoms with E-state index in [1.54, 1.807) is 12.4 Å². The lowest BCUT2D eigenvalue weighted by atomic mass is 9.97. The maximum Gasteiger partial charge on any atom is 0.225 e. The Balaban J connectivity index is 2.24. The molecule has 1 aromatic rings. The molecule has 2 atom stereocenters. The number of hydrogen-bond donors (Lipinski definition) is 1. The molecule has 1 fully saturated rings. The highest BCUT2D eigenvalue weighted by atomic mass is 35.5. The van der Waals surface area contributed by atoms with E-state index >= 15 is 0 Å². The van der Waals surface area contributed by atoms with Gasteiger partial charge in [-0.2, -0.15) is 0 Å². The van der Waals surface area contributed by atoms with E-state index in [0.717, 1.165) is 12.4 Å². The summed E-state index contributed by atoms with van der Waals surface area (Å²) in [6.07, 6.45) is 6.79. The average molecular weight is 241 g/mol. The van der Waals surface area contributed by atoms with Gasteiger partial charge in [-0.05, 0) is 26.2 Å². The van der Waals surface area contributed by atoms with Crippen molar-refractivity contribution in [2.45, 2.75) is 38.3 Å². The van der Waals surface area contributed by atoms with Crippen LogP contribution in [0.1, 0.15) is 26.2 Å². The molecule has 1 aliphatic rings. The van der Waals surface area contributed by atoms with Gasteiger partial charge in [-0.1, -0.05) is 11.6 Å². The number of aromatic nitrogens is 2. The number of rotatable bonds is 2. The van der Waals surface area contributed by atoms with Crippen molar-refractivity contribution >= 4 is 17.5 Å². The van der Waals surface area contributed by atoms with Gasteiger partial charge < -0.3 is 10.6 Å². The van der Waals surface area contributed by atoms with Gasteiger partial charge in [0.05, 0.1) is 17.4 Å². The van der Waals surface area contributed by atoms with Gasteiger partial charge in [0.15, 0.2) is 0 Å². The third-order valence-electron chi connectivity index (χ3n) is 3.14. The van der Waals surface area contributed by atoms with Crippen molar-refractivity contribution in [1.82, 2.24) is 9.97 Å². The SMILES string of the molecule is CC1CCCC(CN)N1c1ncc(Cl)cn1. The fourth-order valence-electron chi connectivity index (χ4n) is 2.32. The lowest BCUT2D eigenvalue weighted by Crippen LogP contribution is -2.49. The Kier molecular flexibility index (Phi) is 3.61. The van der Waals surface area contributed by atoms with Gasteiger partial charge in [-0.25, -0.2) is 9.97 Å². The van der Waals surface area contributed by atoms with Crippen LogP contribution in [0, 0.1) is 0 Å². The highest BCUT2D eigenvalue weighted by molar-refractivity contribution is 6.30. The highest BCUT2D eigenvalue weighted by Crippen LogP contribution is 2.26. The third kappa shape index (κ3) is 2.28. The van der Waals surface area contributed by atoms with Crippen LogP contribution >= 0.6 is 11.6 Å².